The molecule has 2 N–H and O–H groups in total. The molecular formula is C31H22ClFN2O5. The second-order valence-electron chi connectivity index (χ2n) is 8.83. The van der Waals surface area contributed by atoms with Crippen molar-refractivity contribution in [2.24, 2.45) is 5.73 Å². The van der Waals surface area contributed by atoms with Gasteiger partial charge in [0.1, 0.15) is 47.1 Å². The number of benzene rings is 4. The van der Waals surface area contributed by atoms with Gasteiger partial charge in [-0.3, -0.25) is 0 Å². The summed E-state index contributed by atoms with van der Waals surface area (Å²) in [5, 5.41) is 10.5. The third kappa shape index (κ3) is 6.17. The molecule has 0 aromatic heterocycles. The Balaban J connectivity index is 1.33. The first-order valence-electron chi connectivity index (χ1n) is 12.2. The van der Waals surface area contributed by atoms with Crippen LogP contribution < -0.4 is 24.7 Å². The van der Waals surface area contributed by atoms with Crippen molar-refractivity contribution in [2.45, 2.75) is 12.5 Å². The molecule has 0 radical (unpaired) electrons. The average molecular weight is 557 g/mol. The van der Waals surface area contributed by atoms with E-state index in [1.54, 1.807) is 24.3 Å². The molecule has 0 fully saturated rings. The summed E-state index contributed by atoms with van der Waals surface area (Å²) in [4.78, 5) is 12.3. The summed E-state index contributed by atoms with van der Waals surface area (Å²) in [6.07, 6.45) is 0. The quantitative estimate of drug-likeness (QED) is 0.202. The van der Waals surface area contributed by atoms with Gasteiger partial charge in [-0.25, -0.2) is 9.18 Å². The highest BCUT2D eigenvalue weighted by Crippen LogP contribution is 2.44. The van der Waals surface area contributed by atoms with Crippen LogP contribution in [-0.2, 0) is 11.4 Å². The summed E-state index contributed by atoms with van der Waals surface area (Å²) >= 11 is 5.96. The molecule has 0 aliphatic carbocycles. The lowest BCUT2D eigenvalue weighted by molar-refractivity contribution is -0.136. The number of fused-ring (bicyclic) bond motifs is 1. The predicted molar refractivity (Wildman–Crippen MR) is 145 cm³/mol. The number of rotatable bonds is 8. The van der Waals surface area contributed by atoms with Gasteiger partial charge in [0, 0.05) is 16.7 Å². The van der Waals surface area contributed by atoms with Crippen LogP contribution in [0.4, 0.5) is 4.39 Å². The maximum absolute atomic E-state index is 13.1. The normalized spacial score (nSPS) is 14.0. The molecule has 1 heterocycles. The molecule has 1 atom stereocenters. The van der Waals surface area contributed by atoms with Crippen LogP contribution in [0, 0.1) is 17.1 Å². The zero-order chi connectivity index (χ0) is 28.1. The SMILES string of the molecule is N#CC1=C(N)Oc2cc(OC(=O)COc3ccc(F)cc3)ccc2C1c1cccc(OCc2ccc(Cl)cc2)c1. The number of ether oxygens (including phenoxy) is 4. The molecule has 1 aliphatic heterocycles. The van der Waals surface area contributed by atoms with Crippen molar-refractivity contribution in [2.75, 3.05) is 6.61 Å². The molecular weight excluding hydrogens is 535 g/mol. The summed E-state index contributed by atoms with van der Waals surface area (Å²) in [7, 11) is 0. The highest BCUT2D eigenvalue weighted by molar-refractivity contribution is 6.30. The Morgan fingerprint density at radius 1 is 0.950 bits per heavy atom. The molecule has 1 aliphatic rings. The summed E-state index contributed by atoms with van der Waals surface area (Å²) in [6, 6.07) is 27.0. The first-order chi connectivity index (χ1) is 19.4. The topological polar surface area (TPSA) is 104 Å². The molecule has 40 heavy (non-hydrogen) atoms. The lowest BCUT2D eigenvalue weighted by Gasteiger charge is -2.27. The second kappa shape index (κ2) is 11.8. The van der Waals surface area contributed by atoms with E-state index in [9.17, 15) is 14.4 Å². The second-order valence-corrected chi connectivity index (χ2v) is 9.27. The maximum Gasteiger partial charge on any atom is 0.349 e. The van der Waals surface area contributed by atoms with Crippen LogP contribution in [0.3, 0.4) is 0 Å². The van der Waals surface area contributed by atoms with E-state index in [0.29, 0.717) is 34.4 Å². The van der Waals surface area contributed by atoms with E-state index in [1.807, 2.05) is 36.4 Å². The molecule has 0 spiro atoms. The van der Waals surface area contributed by atoms with Gasteiger partial charge in [-0.05, 0) is 65.7 Å². The fourth-order valence-electron chi connectivity index (χ4n) is 4.21. The van der Waals surface area contributed by atoms with Crippen molar-refractivity contribution in [3.05, 3.63) is 130 Å². The van der Waals surface area contributed by atoms with E-state index in [-0.39, 0.29) is 23.8 Å². The largest absolute Gasteiger partial charge is 0.489 e. The smallest absolute Gasteiger partial charge is 0.349 e. The fourth-order valence-corrected chi connectivity index (χ4v) is 4.33. The number of carbonyl (C=O) groups excluding carboxylic acids is 1. The minimum absolute atomic E-state index is 0.0457. The van der Waals surface area contributed by atoms with Crippen molar-refractivity contribution in [3.63, 3.8) is 0 Å². The van der Waals surface area contributed by atoms with E-state index in [4.69, 9.17) is 36.3 Å². The van der Waals surface area contributed by atoms with Crippen molar-refractivity contribution >= 4 is 17.6 Å². The third-order valence-electron chi connectivity index (χ3n) is 6.10. The number of hydrogen-bond acceptors (Lipinski definition) is 7. The van der Waals surface area contributed by atoms with Crippen LogP contribution in [0.25, 0.3) is 0 Å². The monoisotopic (exact) mass is 556 g/mol. The van der Waals surface area contributed by atoms with Crippen LogP contribution in [-0.4, -0.2) is 12.6 Å². The molecule has 5 rings (SSSR count). The van der Waals surface area contributed by atoms with E-state index < -0.39 is 17.7 Å². The van der Waals surface area contributed by atoms with Gasteiger partial charge in [-0.15, -0.1) is 0 Å². The Bertz CT molecular complexity index is 1610. The Morgan fingerprint density at radius 2 is 1.70 bits per heavy atom. The molecule has 4 aromatic carbocycles. The molecule has 1 unspecified atom stereocenters. The van der Waals surface area contributed by atoms with Gasteiger partial charge >= 0.3 is 5.97 Å². The summed E-state index contributed by atoms with van der Waals surface area (Å²) in [5.74, 6) is -0.151. The molecule has 0 saturated carbocycles. The molecule has 0 amide bonds. The molecule has 7 nitrogen and oxygen atoms in total. The zero-order valence-electron chi connectivity index (χ0n) is 21.0. The van der Waals surface area contributed by atoms with Crippen molar-refractivity contribution in [3.8, 4) is 29.1 Å². The van der Waals surface area contributed by atoms with Crippen LogP contribution in [0.1, 0.15) is 22.6 Å². The van der Waals surface area contributed by atoms with E-state index in [0.717, 1.165) is 11.1 Å². The first kappa shape index (κ1) is 26.6. The van der Waals surface area contributed by atoms with Crippen LogP contribution in [0.2, 0.25) is 5.02 Å². The van der Waals surface area contributed by atoms with Crippen LogP contribution in [0.5, 0.6) is 23.0 Å². The van der Waals surface area contributed by atoms with E-state index in [1.165, 1.54) is 30.3 Å². The summed E-state index contributed by atoms with van der Waals surface area (Å²) in [6.45, 7) is -0.0384. The first-order valence-corrected chi connectivity index (χ1v) is 12.5. The van der Waals surface area contributed by atoms with Gasteiger partial charge in [0.2, 0.25) is 5.88 Å². The number of hydrogen-bond donors (Lipinski definition) is 1. The number of allylic oxidation sites excluding steroid dienone is 1. The van der Waals surface area contributed by atoms with Crippen molar-refractivity contribution < 1.29 is 28.1 Å². The number of esters is 1. The number of nitrogens with two attached hydrogens (primary N) is 1. The van der Waals surface area contributed by atoms with Gasteiger partial charge in [-0.2, -0.15) is 5.26 Å². The van der Waals surface area contributed by atoms with Crippen molar-refractivity contribution in [1.29, 1.82) is 5.26 Å². The Hall–Kier alpha value is -5.00. The number of halogens is 2. The minimum atomic E-state index is -0.664. The summed E-state index contributed by atoms with van der Waals surface area (Å²) in [5.41, 5.74) is 8.78. The molecule has 200 valence electrons. The molecule has 0 saturated heterocycles. The number of carbonyl (C=O) groups is 1. The summed E-state index contributed by atoms with van der Waals surface area (Å²) < 4.78 is 35.5. The third-order valence-corrected chi connectivity index (χ3v) is 6.35. The van der Waals surface area contributed by atoms with Crippen LogP contribution in [0.15, 0.2) is 102 Å². The Labute approximate surface area is 234 Å². The highest BCUT2D eigenvalue weighted by Gasteiger charge is 2.31. The standard InChI is InChI=1S/C31H22ClFN2O5/c32-21-6-4-19(5-7-21)17-37-24-3-1-2-20(14-24)30-26-13-12-25(15-28(26)40-31(35)27(30)16-34)39-29(36)18-38-23-10-8-22(33)9-11-23/h1-15,30H,17-18,35H2. The highest BCUT2D eigenvalue weighted by atomic mass is 35.5. The maximum atomic E-state index is 13.1. The van der Waals surface area contributed by atoms with Gasteiger partial charge in [0.15, 0.2) is 6.61 Å². The van der Waals surface area contributed by atoms with E-state index in [2.05, 4.69) is 6.07 Å². The van der Waals surface area contributed by atoms with Gasteiger partial charge in [-0.1, -0.05) is 41.9 Å². The lowest BCUT2D eigenvalue weighted by atomic mass is 9.83. The number of nitrogens with zero attached hydrogens (tertiary/aromatic N) is 1. The Kier molecular flexibility index (Phi) is 7.85. The molecule has 4 aromatic rings. The van der Waals surface area contributed by atoms with E-state index >= 15 is 0 Å². The van der Waals surface area contributed by atoms with Gasteiger partial charge in [0.25, 0.3) is 0 Å². The van der Waals surface area contributed by atoms with Crippen molar-refractivity contribution in [1.82, 2.24) is 0 Å². The Morgan fingerprint density at radius 3 is 2.45 bits per heavy atom. The molecule has 0 bridgehead atoms. The zero-order valence-corrected chi connectivity index (χ0v) is 21.7. The van der Waals surface area contributed by atoms with Gasteiger partial charge < -0.3 is 24.7 Å². The predicted octanol–water partition coefficient (Wildman–Crippen LogP) is 6.26. The lowest BCUT2D eigenvalue weighted by Crippen LogP contribution is -2.21. The molecule has 9 heteroatoms. The van der Waals surface area contributed by atoms with Crippen LogP contribution >= 0.6 is 11.6 Å². The fraction of sp³-hybridized carbons (Fsp3) is 0.0968. The van der Waals surface area contributed by atoms with Gasteiger partial charge in [0.05, 0.1) is 5.92 Å². The average Bonchev–Trinajstić information content (AvgIpc) is 2.96. The number of nitriles is 1. The minimum Gasteiger partial charge on any atom is -0.489 e.